The number of aryl methyl sites for hydroxylation is 4. The first-order valence-electron chi connectivity index (χ1n) is 44.1. The number of aliphatic hydroxyl groups excluding tert-OH is 1. The summed E-state index contributed by atoms with van der Waals surface area (Å²) in [4.78, 5) is 59.6. The molecule has 4 fully saturated rings. The maximum absolute atomic E-state index is 12.4. The number of primary sulfonamides is 2. The van der Waals surface area contributed by atoms with Crippen LogP contribution in [-0.4, -0.2) is 113 Å². The Hall–Kier alpha value is -11.6. The highest BCUT2D eigenvalue weighted by atomic mass is 32.2. The fraction of sp³-hybridized carbons (Fsp3) is 0.411. The zero-order valence-corrected chi connectivity index (χ0v) is 74.6. The van der Waals surface area contributed by atoms with Crippen molar-refractivity contribution in [3.63, 3.8) is 0 Å². The minimum atomic E-state index is -3.95. The quantitative estimate of drug-likeness (QED) is 0.0329. The number of sulfonamides is 3. The first-order chi connectivity index (χ1) is 61.0. The van der Waals surface area contributed by atoms with Crippen molar-refractivity contribution < 1.29 is 44.7 Å². The van der Waals surface area contributed by atoms with Crippen molar-refractivity contribution in [1.82, 2.24) is 62.9 Å². The molecule has 12 aromatic rings. The van der Waals surface area contributed by atoms with Gasteiger partial charge in [0.2, 0.25) is 20.0 Å². The zero-order valence-electron chi connectivity index (χ0n) is 72.1. The highest BCUT2D eigenvalue weighted by molar-refractivity contribution is 7.93. The summed E-state index contributed by atoms with van der Waals surface area (Å²) >= 11 is 0. The van der Waals surface area contributed by atoms with Gasteiger partial charge in [0.05, 0.1) is 51.8 Å². The molecule has 20 rings (SSSR count). The molecule has 10 N–H and O–H groups in total. The maximum atomic E-state index is 12.4. The van der Waals surface area contributed by atoms with E-state index in [0.29, 0.717) is 36.8 Å². The fourth-order valence-electron chi connectivity index (χ4n) is 20.7. The highest BCUT2D eigenvalue weighted by Crippen LogP contribution is 2.48. The van der Waals surface area contributed by atoms with E-state index >= 15 is 0 Å². The summed E-state index contributed by atoms with van der Waals surface area (Å²) in [6.45, 7) is 11.5. The number of amides is 1. The van der Waals surface area contributed by atoms with E-state index in [4.69, 9.17) is 15.0 Å². The molecular formula is C95H111N19O10S3. The van der Waals surface area contributed by atoms with Crippen molar-refractivity contribution in [3.8, 4) is 0 Å². The van der Waals surface area contributed by atoms with Gasteiger partial charge in [0, 0.05) is 77.0 Å². The van der Waals surface area contributed by atoms with E-state index in [1.807, 2.05) is 17.0 Å². The summed E-state index contributed by atoms with van der Waals surface area (Å²) in [7, 11) is -11.3. The second-order valence-corrected chi connectivity index (χ2v) is 41.0. The third-order valence-electron chi connectivity index (χ3n) is 27.0. The fourth-order valence-corrected chi connectivity index (χ4v) is 22.3. The predicted octanol–water partition coefficient (Wildman–Crippen LogP) is 16.4. The van der Waals surface area contributed by atoms with Gasteiger partial charge in [-0.2, -0.15) is 0 Å². The number of allylic oxidation sites excluding steroid dienone is 2. The third-order valence-corrected chi connectivity index (χ3v) is 29.1. The van der Waals surface area contributed by atoms with Gasteiger partial charge < -0.3 is 54.2 Å². The number of carbonyl (C=O) groups is 2. The Bertz CT molecular complexity index is 6320. The molecule has 0 aliphatic heterocycles. The Morgan fingerprint density at radius 2 is 0.701 bits per heavy atom. The molecule has 32 heteroatoms. The van der Waals surface area contributed by atoms with E-state index in [9.17, 15) is 39.9 Å². The number of carbonyl (C=O) groups excluding carboxylic acids is 2. The lowest BCUT2D eigenvalue weighted by atomic mass is 9.99. The van der Waals surface area contributed by atoms with Crippen molar-refractivity contribution >= 4 is 110 Å². The molecule has 8 heterocycles. The number of benzene rings is 4. The van der Waals surface area contributed by atoms with E-state index in [1.165, 1.54) is 50.6 Å². The van der Waals surface area contributed by atoms with Crippen LogP contribution in [0.3, 0.4) is 0 Å². The van der Waals surface area contributed by atoms with Crippen LogP contribution in [-0.2, 0) is 65.3 Å². The molecule has 8 aliphatic rings. The normalized spacial score (nSPS) is 25.5. The number of aliphatic hydroxyl groups is 1. The number of rotatable bonds is 20. The summed E-state index contributed by atoms with van der Waals surface area (Å²) in [5, 5.41) is 42.3. The molecule has 8 aliphatic carbocycles. The minimum Gasteiger partial charge on any atom is -0.443 e. The lowest BCUT2D eigenvalue weighted by Crippen LogP contribution is -2.35. The van der Waals surface area contributed by atoms with Gasteiger partial charge in [-0.25, -0.2) is 84.9 Å². The van der Waals surface area contributed by atoms with Gasteiger partial charge in [-0.1, -0.05) is 136 Å². The Balaban J connectivity index is 0.000000120. The molecule has 127 heavy (non-hydrogen) atoms. The molecule has 0 unspecified atom stereocenters. The number of nitrogens with one attached hydrogen (secondary N) is 5. The number of ether oxygens (including phenoxy) is 1. The molecule has 16 atom stereocenters. The Kier molecular flexibility index (Phi) is 25.3. The van der Waals surface area contributed by atoms with Crippen molar-refractivity contribution in [1.29, 1.82) is 0 Å². The van der Waals surface area contributed by atoms with Crippen molar-refractivity contribution in [2.75, 3.05) is 21.3 Å². The maximum Gasteiger partial charge on any atom is 0.421 e. The van der Waals surface area contributed by atoms with Crippen LogP contribution in [0.5, 0.6) is 0 Å². The molecule has 0 spiro atoms. The average molecular weight is 1780 g/mol. The van der Waals surface area contributed by atoms with Crippen molar-refractivity contribution in [2.45, 2.75) is 204 Å². The molecule has 664 valence electrons. The molecule has 4 aromatic carbocycles. The predicted molar refractivity (Wildman–Crippen MR) is 493 cm³/mol. The van der Waals surface area contributed by atoms with E-state index in [0.717, 1.165) is 180 Å². The van der Waals surface area contributed by atoms with Crippen LogP contribution in [0.2, 0.25) is 0 Å². The van der Waals surface area contributed by atoms with E-state index in [2.05, 4.69) is 234 Å². The SMILES string of the molecule is C[C@H]1C[C@H](n2ccc3c(N[C@H]4CCc5ccccc54)ncnc32)C[C@H]1/C=C/S(=O)(=O)NC(=O)OC(C)(C)C.C[C@H]1C[C@H](n2ccc3c(N[C@H]4CCc5ccccc54)ncnc32)C[C@H]1/C=C/S(N)(=O)=O.C[C@H]1C[C@H](n2ccc3c(N[C@H]4CCc5ccccc54)ncnc32)C[C@H]1C=O.NS(=O)(=O)/C=C/[C@@H]1C[C@@H](n2ccc3c(N[C@H]4CCc5ccccc54)ncnc32)C[C@@H]1O. The van der Waals surface area contributed by atoms with Gasteiger partial charge >= 0.3 is 6.09 Å². The van der Waals surface area contributed by atoms with Crippen LogP contribution in [0.1, 0.15) is 211 Å². The number of aromatic nitrogens is 12. The first kappa shape index (κ1) is 87.5. The summed E-state index contributed by atoms with van der Waals surface area (Å²) in [5.41, 5.74) is 13.7. The van der Waals surface area contributed by atoms with Crippen molar-refractivity contribution in [3.05, 3.63) is 250 Å². The number of nitrogens with zero attached hydrogens (tertiary/aromatic N) is 12. The number of hydrogen-bond donors (Lipinski definition) is 8. The monoisotopic (exact) mass is 1770 g/mol. The molecule has 0 radical (unpaired) electrons. The molecular weight excluding hydrogens is 1660 g/mol. The molecule has 0 bridgehead atoms. The Morgan fingerprint density at radius 1 is 0.409 bits per heavy atom. The van der Waals surface area contributed by atoms with Crippen molar-refractivity contribution in [2.24, 2.45) is 51.7 Å². The van der Waals surface area contributed by atoms with Crippen LogP contribution in [0.15, 0.2) is 206 Å². The highest BCUT2D eigenvalue weighted by Gasteiger charge is 2.39. The number of fused-ring (bicyclic) bond motifs is 8. The Morgan fingerprint density at radius 3 is 1.02 bits per heavy atom. The molecule has 4 saturated carbocycles. The summed E-state index contributed by atoms with van der Waals surface area (Å²) in [5.74, 6) is 4.57. The molecule has 29 nitrogen and oxygen atoms in total. The number of nitrogens with two attached hydrogens (primary N) is 2. The largest absolute Gasteiger partial charge is 0.443 e. The zero-order chi connectivity index (χ0) is 88.6. The van der Waals surface area contributed by atoms with Crippen LogP contribution in [0, 0.1) is 41.4 Å². The summed E-state index contributed by atoms with van der Waals surface area (Å²) < 4.78 is 85.5. The Labute approximate surface area is 740 Å². The number of hydrogen-bond acceptors (Lipinski definition) is 22. The summed E-state index contributed by atoms with van der Waals surface area (Å²) in [6, 6.07) is 44.3. The second-order valence-electron chi connectivity index (χ2n) is 36.6. The van der Waals surface area contributed by atoms with E-state index in [1.54, 1.807) is 58.2 Å². The van der Waals surface area contributed by atoms with E-state index < -0.39 is 47.9 Å². The minimum absolute atomic E-state index is 0.0117. The van der Waals surface area contributed by atoms with Gasteiger partial charge in [0.15, 0.2) is 0 Å². The number of aldehydes is 1. The number of anilines is 4. The van der Waals surface area contributed by atoms with Gasteiger partial charge in [-0.3, -0.25) is 0 Å². The van der Waals surface area contributed by atoms with Crippen LogP contribution in [0.25, 0.3) is 44.1 Å². The van der Waals surface area contributed by atoms with Crippen LogP contribution >= 0.6 is 0 Å². The lowest BCUT2D eigenvalue weighted by Gasteiger charge is -2.19. The van der Waals surface area contributed by atoms with Crippen LogP contribution < -0.4 is 36.3 Å². The standard InChI is InChI=1S/C28H35N5O4S.C23H27N5O2S.C22H25N5O3S.C22H24N4O/c1-18-15-21(16-20(18)12-14-38(35,36)32-27(34)37-28(2,3)4)33-13-11-23-25(29-17-30-26(23)33)31-24-10-9-19-7-5-6-8-22(19)24;1-15-12-18(13-17(15)9-11-31(24,29)30)28-10-8-20-22(25-14-26-23(20)28)27-21-7-6-16-4-2-3-5-19(16)21;23-31(29,30)10-8-15-11-16(12-20(15)28)27-9-7-18-21(24-13-25-22(18)27)26-19-6-5-14-3-1-2-4-17(14)19;1-14-10-17(11-16(14)12-27)26-9-8-19-21(23-13-24-22(19)26)25-20-7-6-15-4-2-3-5-18(15)20/h5-8,11-14,17-18,20-21,24H,9-10,15-16H2,1-4H3,(H,32,34)(H,29,30,31);2-5,8-11,14-15,17-18,21H,6-7,12-13H2,1H3,(H2,24,29,30)(H,25,26,27);1-4,7-10,13,15-16,19-20,28H,5-6,11-12H2,(H2,23,29,30)(H,24,25,26);2-5,8-9,12-14,16-17,20H,6-7,10-11H2,1H3,(H,23,24,25)/b14-12+;11-9+;10-8+;/t18-,20+,21-,24-;15-,17+,18-,21-;15-,16-,19+,20+;14-,16-,17-,20-/m0010/s1. The van der Waals surface area contributed by atoms with Crippen LogP contribution in [0.4, 0.5) is 28.1 Å². The smallest absolute Gasteiger partial charge is 0.421 e. The van der Waals surface area contributed by atoms with Gasteiger partial charge in [-0.15, -0.1) is 0 Å². The topological polar surface area (TPSA) is 401 Å². The average Bonchev–Trinajstić information content (AvgIpc) is 1.64. The molecule has 0 saturated heterocycles. The first-order valence-corrected chi connectivity index (χ1v) is 48.9. The van der Waals surface area contributed by atoms with E-state index in [-0.39, 0.29) is 65.8 Å². The lowest BCUT2D eigenvalue weighted by molar-refractivity contribution is -0.111. The van der Waals surface area contributed by atoms with Gasteiger partial charge in [0.1, 0.15) is 83.1 Å². The molecule has 1 amide bonds. The van der Waals surface area contributed by atoms with Gasteiger partial charge in [0.25, 0.3) is 10.0 Å². The summed E-state index contributed by atoms with van der Waals surface area (Å²) in [6.07, 6.45) is 34.1. The van der Waals surface area contributed by atoms with Gasteiger partial charge in [-0.05, 0) is 222 Å². The molecule has 8 aromatic heterocycles. The third kappa shape index (κ3) is 19.8. The second kappa shape index (κ2) is 36.7.